The van der Waals surface area contributed by atoms with Gasteiger partial charge in [0.05, 0.1) is 22.0 Å². The van der Waals surface area contributed by atoms with Crippen LogP contribution in [0.3, 0.4) is 0 Å². The summed E-state index contributed by atoms with van der Waals surface area (Å²) >= 11 is 3.44. The number of aromatic nitrogens is 1. The molecule has 1 heterocycles. The molecule has 3 N–H and O–H groups in total. The van der Waals surface area contributed by atoms with Crippen molar-refractivity contribution in [2.45, 2.75) is 18.9 Å². The fourth-order valence-corrected chi connectivity index (χ4v) is 2.18. The molecule has 5 heteroatoms. The van der Waals surface area contributed by atoms with Gasteiger partial charge in [0.2, 0.25) is 0 Å². The van der Waals surface area contributed by atoms with Crippen molar-refractivity contribution < 1.29 is 0 Å². The van der Waals surface area contributed by atoms with E-state index in [-0.39, 0.29) is 0 Å². The van der Waals surface area contributed by atoms with Crippen LogP contribution < -0.4 is 11.1 Å². The molecular formula is C11H17BrN4. The van der Waals surface area contributed by atoms with Gasteiger partial charge in [-0.15, -0.1) is 0 Å². The summed E-state index contributed by atoms with van der Waals surface area (Å²) in [5.41, 5.74) is 7.47. The molecule has 1 fully saturated rings. The third kappa shape index (κ3) is 2.86. The van der Waals surface area contributed by atoms with Crippen LogP contribution in [0.5, 0.6) is 0 Å². The summed E-state index contributed by atoms with van der Waals surface area (Å²) in [6.07, 6.45) is 6.11. The quantitative estimate of drug-likeness (QED) is 0.868. The number of hydrogen-bond donors (Lipinski definition) is 2. The standard InChI is InChI=1S/C11H17BrN4/c1-16(8-2-3-8)5-4-15-11-9(12)6-14-7-10(11)13/h6-8H,2-5,13H2,1H3,(H,14,15). The number of likely N-dealkylation sites (N-methyl/N-ethyl adjacent to an activating group) is 1. The van der Waals surface area contributed by atoms with Crippen LogP contribution in [0.15, 0.2) is 16.9 Å². The highest BCUT2D eigenvalue weighted by molar-refractivity contribution is 9.10. The topological polar surface area (TPSA) is 54.2 Å². The van der Waals surface area contributed by atoms with Crippen LogP contribution in [0.2, 0.25) is 0 Å². The number of nitrogen functional groups attached to an aromatic ring is 1. The molecule has 0 aromatic carbocycles. The summed E-state index contributed by atoms with van der Waals surface area (Å²) in [7, 11) is 2.17. The minimum atomic E-state index is 0.684. The molecule has 16 heavy (non-hydrogen) atoms. The zero-order valence-corrected chi connectivity index (χ0v) is 11.0. The molecule has 1 aromatic heterocycles. The Morgan fingerprint density at radius 1 is 1.56 bits per heavy atom. The number of nitrogens with zero attached hydrogens (tertiary/aromatic N) is 2. The zero-order chi connectivity index (χ0) is 11.5. The minimum Gasteiger partial charge on any atom is -0.396 e. The molecule has 1 aliphatic rings. The van der Waals surface area contributed by atoms with Gasteiger partial charge in [0.15, 0.2) is 0 Å². The predicted molar refractivity (Wildman–Crippen MR) is 70.5 cm³/mol. The van der Waals surface area contributed by atoms with E-state index in [9.17, 15) is 0 Å². The number of nitrogens with two attached hydrogens (primary N) is 1. The molecule has 2 rings (SSSR count). The van der Waals surface area contributed by atoms with Crippen molar-refractivity contribution in [2.24, 2.45) is 0 Å². The van der Waals surface area contributed by atoms with Gasteiger partial charge in [-0.25, -0.2) is 0 Å². The summed E-state index contributed by atoms with van der Waals surface area (Å²) in [5, 5.41) is 3.34. The largest absolute Gasteiger partial charge is 0.396 e. The summed E-state index contributed by atoms with van der Waals surface area (Å²) in [4.78, 5) is 6.39. The Labute approximate surface area is 104 Å². The second-order valence-corrected chi connectivity index (χ2v) is 5.08. The van der Waals surface area contributed by atoms with E-state index in [0.29, 0.717) is 5.69 Å². The van der Waals surface area contributed by atoms with E-state index < -0.39 is 0 Å². The minimum absolute atomic E-state index is 0.684. The molecule has 0 radical (unpaired) electrons. The van der Waals surface area contributed by atoms with E-state index in [1.807, 2.05) is 0 Å². The molecule has 1 aromatic rings. The molecule has 0 unspecified atom stereocenters. The lowest BCUT2D eigenvalue weighted by Gasteiger charge is -2.17. The molecule has 1 aliphatic carbocycles. The maximum Gasteiger partial charge on any atom is 0.0750 e. The Morgan fingerprint density at radius 2 is 2.31 bits per heavy atom. The molecule has 0 aliphatic heterocycles. The first-order chi connectivity index (χ1) is 7.68. The monoisotopic (exact) mass is 284 g/mol. The van der Waals surface area contributed by atoms with Crippen LogP contribution in [0.4, 0.5) is 11.4 Å². The lowest BCUT2D eigenvalue weighted by molar-refractivity contribution is 0.337. The first-order valence-electron chi connectivity index (χ1n) is 5.51. The van der Waals surface area contributed by atoms with Crippen LogP contribution in [0.25, 0.3) is 0 Å². The van der Waals surface area contributed by atoms with Gasteiger partial charge in [-0.2, -0.15) is 0 Å². The summed E-state index contributed by atoms with van der Waals surface area (Å²) in [6, 6.07) is 0.806. The maximum absolute atomic E-state index is 5.84. The number of halogens is 1. The van der Waals surface area contributed by atoms with E-state index >= 15 is 0 Å². The lowest BCUT2D eigenvalue weighted by Crippen LogP contribution is -2.27. The Balaban J connectivity index is 1.84. The molecule has 0 atom stereocenters. The zero-order valence-electron chi connectivity index (χ0n) is 9.41. The van der Waals surface area contributed by atoms with Crippen molar-refractivity contribution in [1.29, 1.82) is 0 Å². The third-order valence-electron chi connectivity index (χ3n) is 2.87. The van der Waals surface area contributed by atoms with Gasteiger partial charge in [0, 0.05) is 25.3 Å². The van der Waals surface area contributed by atoms with Gasteiger partial charge < -0.3 is 16.0 Å². The average molecular weight is 285 g/mol. The van der Waals surface area contributed by atoms with Crippen molar-refractivity contribution in [3.63, 3.8) is 0 Å². The Hall–Kier alpha value is -0.810. The third-order valence-corrected chi connectivity index (χ3v) is 3.47. The molecule has 88 valence electrons. The van der Waals surface area contributed by atoms with Crippen LogP contribution in [-0.2, 0) is 0 Å². The van der Waals surface area contributed by atoms with Gasteiger partial charge in [-0.1, -0.05) is 0 Å². The molecule has 0 amide bonds. The van der Waals surface area contributed by atoms with Crippen molar-refractivity contribution in [2.75, 3.05) is 31.2 Å². The van der Waals surface area contributed by atoms with Gasteiger partial charge in [-0.05, 0) is 35.8 Å². The first-order valence-corrected chi connectivity index (χ1v) is 6.31. The lowest BCUT2D eigenvalue weighted by atomic mass is 10.3. The molecule has 4 nitrogen and oxygen atoms in total. The van der Waals surface area contributed by atoms with Crippen LogP contribution >= 0.6 is 15.9 Å². The van der Waals surface area contributed by atoms with E-state index in [2.05, 4.69) is 38.2 Å². The maximum atomic E-state index is 5.84. The number of rotatable bonds is 5. The Bertz CT molecular complexity index is 345. The van der Waals surface area contributed by atoms with Crippen LogP contribution in [-0.4, -0.2) is 36.1 Å². The number of nitrogens with one attached hydrogen (secondary N) is 1. The summed E-state index contributed by atoms with van der Waals surface area (Å²) in [5.74, 6) is 0. The van der Waals surface area contributed by atoms with Crippen molar-refractivity contribution >= 4 is 27.3 Å². The summed E-state index contributed by atoms with van der Waals surface area (Å²) in [6.45, 7) is 1.94. The van der Waals surface area contributed by atoms with E-state index in [0.717, 1.165) is 29.3 Å². The highest BCUT2D eigenvalue weighted by Gasteiger charge is 2.25. The predicted octanol–water partition coefficient (Wildman–Crippen LogP) is 1.93. The number of anilines is 2. The van der Waals surface area contributed by atoms with Crippen molar-refractivity contribution in [1.82, 2.24) is 9.88 Å². The molecule has 0 bridgehead atoms. The van der Waals surface area contributed by atoms with Crippen molar-refractivity contribution in [3.8, 4) is 0 Å². The number of pyridine rings is 1. The second kappa shape index (κ2) is 5.01. The fraction of sp³-hybridized carbons (Fsp3) is 0.545. The molecule has 1 saturated carbocycles. The normalized spacial score (nSPS) is 15.4. The SMILES string of the molecule is CN(CCNc1c(N)cncc1Br)C1CC1. The molecule has 0 saturated heterocycles. The van der Waals surface area contributed by atoms with Gasteiger partial charge in [0.1, 0.15) is 0 Å². The van der Waals surface area contributed by atoms with Gasteiger partial charge >= 0.3 is 0 Å². The fourth-order valence-electron chi connectivity index (χ4n) is 1.69. The second-order valence-electron chi connectivity index (χ2n) is 4.22. The van der Waals surface area contributed by atoms with Crippen LogP contribution in [0, 0.1) is 0 Å². The van der Waals surface area contributed by atoms with E-state index in [1.165, 1.54) is 12.8 Å². The van der Waals surface area contributed by atoms with E-state index in [1.54, 1.807) is 12.4 Å². The highest BCUT2D eigenvalue weighted by Crippen LogP contribution is 2.27. The van der Waals surface area contributed by atoms with Crippen molar-refractivity contribution in [3.05, 3.63) is 16.9 Å². The Kier molecular flexibility index (Phi) is 3.66. The Morgan fingerprint density at radius 3 is 2.94 bits per heavy atom. The van der Waals surface area contributed by atoms with Gasteiger partial charge in [-0.3, -0.25) is 4.98 Å². The van der Waals surface area contributed by atoms with Crippen LogP contribution in [0.1, 0.15) is 12.8 Å². The molecular weight excluding hydrogens is 268 g/mol. The van der Waals surface area contributed by atoms with Gasteiger partial charge in [0.25, 0.3) is 0 Å². The first kappa shape index (κ1) is 11.7. The average Bonchev–Trinajstić information content (AvgIpc) is 3.05. The van der Waals surface area contributed by atoms with E-state index in [4.69, 9.17) is 5.73 Å². The molecule has 0 spiro atoms. The highest BCUT2D eigenvalue weighted by atomic mass is 79.9. The summed E-state index contributed by atoms with van der Waals surface area (Å²) < 4.78 is 0.918. The number of hydrogen-bond acceptors (Lipinski definition) is 4. The smallest absolute Gasteiger partial charge is 0.0750 e.